The maximum Gasteiger partial charge on any atom is 0.346 e. The normalized spacial score (nSPS) is 18.0. The average Bonchev–Trinajstić information content (AvgIpc) is 2.59. The van der Waals surface area contributed by atoms with Crippen molar-refractivity contribution < 1.29 is 9.59 Å². The van der Waals surface area contributed by atoms with E-state index < -0.39 is 5.69 Å². The molecule has 2 N–H and O–H groups in total. The van der Waals surface area contributed by atoms with E-state index in [9.17, 15) is 14.4 Å². The molecule has 3 rings (SSSR count). The second-order valence-corrected chi connectivity index (χ2v) is 5.64. The summed E-state index contributed by atoms with van der Waals surface area (Å²) in [7, 11) is 1.59. The molecule has 0 spiro atoms. The molecule has 1 aliphatic heterocycles. The van der Waals surface area contributed by atoms with Crippen molar-refractivity contribution in [3.05, 3.63) is 40.4 Å². The topological polar surface area (TPSA) is 95.2 Å². The second-order valence-electron chi connectivity index (χ2n) is 5.64. The Bertz CT molecular complexity index is 814. The third-order valence-electron chi connectivity index (χ3n) is 4.17. The third kappa shape index (κ3) is 2.94. The van der Waals surface area contributed by atoms with Crippen molar-refractivity contribution in [1.29, 1.82) is 0 Å². The van der Waals surface area contributed by atoms with Gasteiger partial charge in [0.25, 0.3) is 5.91 Å². The zero-order valence-electron chi connectivity index (χ0n) is 12.8. The molecule has 2 aromatic rings. The fraction of sp³-hybridized carbons (Fsp3) is 0.375. The lowest BCUT2D eigenvalue weighted by Crippen LogP contribution is -2.45. The molecule has 0 radical (unpaired) electrons. The maximum atomic E-state index is 12.8. The number of fused-ring (bicyclic) bond motifs is 1. The van der Waals surface area contributed by atoms with E-state index in [1.165, 1.54) is 0 Å². The molecule has 0 saturated carbocycles. The van der Waals surface area contributed by atoms with Gasteiger partial charge in [0.05, 0.1) is 11.4 Å². The first kappa shape index (κ1) is 15.2. The second kappa shape index (κ2) is 6.20. The summed E-state index contributed by atoms with van der Waals surface area (Å²) in [4.78, 5) is 44.4. The Morgan fingerprint density at radius 1 is 1.35 bits per heavy atom. The standard InChI is InChI=1S/C16H18N4O3/c1-17-14(21)10-5-4-8-20(9-10)15(22)13-11-6-2-3-7-12(11)18-16(23)19-13/h2-3,6-7,10H,4-5,8-9H2,1H3,(H,17,21)(H,18,19,23)/t10-/m0/s1. The fourth-order valence-corrected chi connectivity index (χ4v) is 3.00. The predicted octanol–water partition coefficient (Wildman–Crippen LogP) is 0.521. The molecule has 1 aromatic carbocycles. The number of carbonyl (C=O) groups excluding carboxylic acids is 2. The zero-order valence-corrected chi connectivity index (χ0v) is 12.8. The van der Waals surface area contributed by atoms with E-state index in [0.29, 0.717) is 24.0 Å². The summed E-state index contributed by atoms with van der Waals surface area (Å²) in [5.41, 5.74) is 0.171. The van der Waals surface area contributed by atoms with Gasteiger partial charge in [-0.1, -0.05) is 18.2 Å². The van der Waals surface area contributed by atoms with Crippen molar-refractivity contribution >= 4 is 22.7 Å². The first-order valence-electron chi connectivity index (χ1n) is 7.60. The summed E-state index contributed by atoms with van der Waals surface area (Å²) < 4.78 is 0. The molecule has 2 amide bonds. The average molecular weight is 314 g/mol. The minimum Gasteiger partial charge on any atom is -0.359 e. The molecule has 7 heteroatoms. The molecule has 23 heavy (non-hydrogen) atoms. The minimum atomic E-state index is -0.549. The highest BCUT2D eigenvalue weighted by Gasteiger charge is 2.29. The number of nitrogens with zero attached hydrogens (tertiary/aromatic N) is 2. The smallest absolute Gasteiger partial charge is 0.346 e. The SMILES string of the molecule is CNC(=O)[C@H]1CCCN(C(=O)c2nc(=O)[nH]c3ccccc23)C1. The van der Waals surface area contributed by atoms with Crippen molar-refractivity contribution in [3.8, 4) is 0 Å². The lowest BCUT2D eigenvalue weighted by Gasteiger charge is -2.31. The molecular formula is C16H18N4O3. The van der Waals surface area contributed by atoms with Crippen LogP contribution in [0.1, 0.15) is 23.3 Å². The molecule has 1 aliphatic rings. The van der Waals surface area contributed by atoms with Crippen LogP contribution >= 0.6 is 0 Å². The number of para-hydroxylation sites is 1. The molecule has 0 bridgehead atoms. The van der Waals surface area contributed by atoms with Gasteiger partial charge in [-0.05, 0) is 18.9 Å². The number of amides is 2. The molecular weight excluding hydrogens is 296 g/mol. The number of piperidine rings is 1. The van der Waals surface area contributed by atoms with E-state index in [1.54, 1.807) is 36.2 Å². The Kier molecular flexibility index (Phi) is 4.10. The van der Waals surface area contributed by atoms with Gasteiger partial charge in [-0.25, -0.2) is 4.79 Å². The van der Waals surface area contributed by atoms with Crippen LogP contribution in [-0.4, -0.2) is 46.8 Å². The van der Waals surface area contributed by atoms with E-state index in [4.69, 9.17) is 0 Å². The van der Waals surface area contributed by atoms with Gasteiger partial charge in [0.15, 0.2) is 0 Å². The fourth-order valence-electron chi connectivity index (χ4n) is 3.00. The molecule has 1 aromatic heterocycles. The van der Waals surface area contributed by atoms with E-state index >= 15 is 0 Å². The first-order chi connectivity index (χ1) is 11.1. The summed E-state index contributed by atoms with van der Waals surface area (Å²) in [6.45, 7) is 0.913. The van der Waals surface area contributed by atoms with Crippen molar-refractivity contribution in [2.24, 2.45) is 5.92 Å². The molecule has 1 saturated heterocycles. The van der Waals surface area contributed by atoms with Crippen LogP contribution in [0.3, 0.4) is 0 Å². The lowest BCUT2D eigenvalue weighted by atomic mass is 9.96. The van der Waals surface area contributed by atoms with Crippen LogP contribution in [0.4, 0.5) is 0 Å². The molecule has 0 aliphatic carbocycles. The quantitative estimate of drug-likeness (QED) is 0.845. The largest absolute Gasteiger partial charge is 0.359 e. The van der Waals surface area contributed by atoms with Crippen LogP contribution < -0.4 is 11.0 Å². The number of carbonyl (C=O) groups is 2. The van der Waals surface area contributed by atoms with Crippen molar-refractivity contribution in [2.45, 2.75) is 12.8 Å². The molecule has 120 valence electrons. The Morgan fingerprint density at radius 2 is 2.13 bits per heavy atom. The number of nitrogens with one attached hydrogen (secondary N) is 2. The Morgan fingerprint density at radius 3 is 2.91 bits per heavy atom. The van der Waals surface area contributed by atoms with Gasteiger partial charge in [0.1, 0.15) is 5.69 Å². The van der Waals surface area contributed by atoms with Gasteiger partial charge in [-0.3, -0.25) is 9.59 Å². The monoisotopic (exact) mass is 314 g/mol. The summed E-state index contributed by atoms with van der Waals surface area (Å²) in [5, 5.41) is 3.24. The van der Waals surface area contributed by atoms with E-state index in [-0.39, 0.29) is 23.4 Å². The third-order valence-corrected chi connectivity index (χ3v) is 4.17. The van der Waals surface area contributed by atoms with Crippen LogP contribution in [0.25, 0.3) is 10.9 Å². The van der Waals surface area contributed by atoms with Gasteiger partial charge in [0, 0.05) is 25.5 Å². The number of hydrogen-bond donors (Lipinski definition) is 2. The number of aromatic amines is 1. The number of H-pyrrole nitrogens is 1. The molecule has 0 unspecified atom stereocenters. The maximum absolute atomic E-state index is 12.8. The van der Waals surface area contributed by atoms with Crippen LogP contribution in [-0.2, 0) is 4.79 Å². The van der Waals surface area contributed by atoms with Gasteiger partial charge < -0.3 is 15.2 Å². The lowest BCUT2D eigenvalue weighted by molar-refractivity contribution is -0.125. The summed E-state index contributed by atoms with van der Waals surface area (Å²) >= 11 is 0. The number of likely N-dealkylation sites (tertiary alicyclic amines) is 1. The van der Waals surface area contributed by atoms with Crippen LogP contribution in [0.5, 0.6) is 0 Å². The van der Waals surface area contributed by atoms with Crippen molar-refractivity contribution in [2.75, 3.05) is 20.1 Å². The Hall–Kier alpha value is -2.70. The number of rotatable bonds is 2. The van der Waals surface area contributed by atoms with Crippen molar-refractivity contribution in [1.82, 2.24) is 20.2 Å². The first-order valence-corrected chi connectivity index (χ1v) is 7.60. The van der Waals surface area contributed by atoms with Crippen LogP contribution in [0, 0.1) is 5.92 Å². The minimum absolute atomic E-state index is 0.0637. The van der Waals surface area contributed by atoms with Gasteiger partial charge in [-0.2, -0.15) is 4.98 Å². The van der Waals surface area contributed by atoms with Crippen LogP contribution in [0.15, 0.2) is 29.1 Å². The summed E-state index contributed by atoms with van der Waals surface area (Å²) in [6, 6.07) is 7.07. The summed E-state index contributed by atoms with van der Waals surface area (Å²) in [6.07, 6.45) is 1.51. The molecule has 7 nitrogen and oxygen atoms in total. The molecule has 1 atom stereocenters. The van der Waals surface area contributed by atoms with Crippen LogP contribution in [0.2, 0.25) is 0 Å². The highest BCUT2D eigenvalue weighted by Crippen LogP contribution is 2.20. The van der Waals surface area contributed by atoms with Gasteiger partial charge in [0.2, 0.25) is 5.91 Å². The zero-order chi connectivity index (χ0) is 16.4. The number of aromatic nitrogens is 2. The Labute approximate surface area is 132 Å². The predicted molar refractivity (Wildman–Crippen MR) is 85.1 cm³/mol. The highest BCUT2D eigenvalue weighted by molar-refractivity contribution is 6.04. The van der Waals surface area contributed by atoms with Crippen molar-refractivity contribution in [3.63, 3.8) is 0 Å². The highest BCUT2D eigenvalue weighted by atomic mass is 16.2. The number of hydrogen-bond acceptors (Lipinski definition) is 4. The Balaban J connectivity index is 1.94. The molecule has 1 fully saturated rings. The van der Waals surface area contributed by atoms with Gasteiger partial charge >= 0.3 is 5.69 Å². The number of benzene rings is 1. The summed E-state index contributed by atoms with van der Waals surface area (Å²) in [5.74, 6) is -0.585. The molecule has 2 heterocycles. The van der Waals surface area contributed by atoms with E-state index in [2.05, 4.69) is 15.3 Å². The van der Waals surface area contributed by atoms with Gasteiger partial charge in [-0.15, -0.1) is 0 Å². The van der Waals surface area contributed by atoms with E-state index in [0.717, 1.165) is 12.8 Å². The van der Waals surface area contributed by atoms with E-state index in [1.807, 2.05) is 0 Å².